The Morgan fingerprint density at radius 3 is 2.60 bits per heavy atom. The molecular weight excluding hydrogens is 445 g/mol. The van der Waals surface area contributed by atoms with Crippen LogP contribution >= 0.6 is 0 Å². The first-order valence-electron chi connectivity index (χ1n) is 13.2. The van der Waals surface area contributed by atoms with E-state index in [0.29, 0.717) is 34.9 Å². The Hall–Kier alpha value is -2.38. The maximum Gasteiger partial charge on any atom is 0.234 e. The summed E-state index contributed by atoms with van der Waals surface area (Å²) in [6.45, 7) is 8.59. The lowest BCUT2D eigenvalue weighted by Crippen LogP contribution is -2.59. The van der Waals surface area contributed by atoms with Gasteiger partial charge in [0, 0.05) is 42.1 Å². The highest BCUT2D eigenvalue weighted by atomic mass is 19.1. The number of fused-ring (bicyclic) bond motifs is 1. The third-order valence-corrected chi connectivity index (χ3v) is 8.36. The van der Waals surface area contributed by atoms with Gasteiger partial charge in [0.2, 0.25) is 11.8 Å². The van der Waals surface area contributed by atoms with Gasteiger partial charge in [0.05, 0.1) is 11.4 Å². The molecule has 2 saturated heterocycles. The molecule has 2 unspecified atom stereocenters. The van der Waals surface area contributed by atoms with Crippen LogP contribution < -0.4 is 5.32 Å². The summed E-state index contributed by atoms with van der Waals surface area (Å²) < 4.78 is 16.2. The molecule has 6 nitrogen and oxygen atoms in total. The van der Waals surface area contributed by atoms with Crippen molar-refractivity contribution in [3.05, 3.63) is 41.3 Å². The number of piperidine rings is 2. The first-order valence-corrected chi connectivity index (χ1v) is 13.2. The number of carbonyl (C=O) groups excluding carboxylic acids is 2. The number of aromatic nitrogens is 1. The van der Waals surface area contributed by atoms with Gasteiger partial charge in [-0.3, -0.25) is 19.9 Å². The Kier molecular flexibility index (Phi) is 7.57. The summed E-state index contributed by atoms with van der Waals surface area (Å²) in [5, 5.41) is 14.9. The number of pyridine rings is 1. The molecule has 0 bridgehead atoms. The van der Waals surface area contributed by atoms with Gasteiger partial charge in [-0.25, -0.2) is 4.39 Å². The Balaban J connectivity index is 0.00000141. The van der Waals surface area contributed by atoms with Crippen molar-refractivity contribution in [3.63, 3.8) is 0 Å². The van der Waals surface area contributed by atoms with E-state index in [-0.39, 0.29) is 23.7 Å². The number of aliphatic hydroxyl groups is 1. The predicted octanol–water partition coefficient (Wildman–Crippen LogP) is 4.78. The van der Waals surface area contributed by atoms with Crippen molar-refractivity contribution in [3.8, 4) is 0 Å². The molecule has 3 fully saturated rings. The number of carbonyl (C=O) groups is 2. The average molecular weight is 484 g/mol. The number of hydrogen-bond acceptors (Lipinski definition) is 5. The zero-order valence-electron chi connectivity index (χ0n) is 21.2. The van der Waals surface area contributed by atoms with Crippen molar-refractivity contribution in [2.24, 2.45) is 5.41 Å². The van der Waals surface area contributed by atoms with E-state index in [1.54, 1.807) is 24.4 Å². The molecule has 3 heterocycles. The van der Waals surface area contributed by atoms with Crippen LogP contribution in [0, 0.1) is 11.2 Å². The maximum atomic E-state index is 16.2. The average Bonchev–Trinajstić information content (AvgIpc) is 2.88. The van der Waals surface area contributed by atoms with Crippen LogP contribution in [0.2, 0.25) is 0 Å². The number of imide groups is 1. The number of benzene rings is 1. The van der Waals surface area contributed by atoms with E-state index in [9.17, 15) is 14.7 Å². The van der Waals surface area contributed by atoms with E-state index in [1.807, 2.05) is 13.8 Å². The number of hydrogen-bond donors (Lipinski definition) is 2. The van der Waals surface area contributed by atoms with Gasteiger partial charge < -0.3 is 10.0 Å². The molecule has 2 atom stereocenters. The van der Waals surface area contributed by atoms with E-state index >= 15 is 4.39 Å². The number of nitrogens with zero attached hydrogens (tertiary/aromatic N) is 2. The summed E-state index contributed by atoms with van der Waals surface area (Å²) in [7, 11) is 0. The molecule has 2 N–H and O–H groups in total. The fraction of sp³-hybridized carbons (Fsp3) is 0.607. The molecule has 3 aliphatic rings. The fourth-order valence-electron chi connectivity index (χ4n) is 6.42. The fourth-order valence-corrected chi connectivity index (χ4v) is 6.42. The van der Waals surface area contributed by atoms with Gasteiger partial charge in [-0.15, -0.1) is 0 Å². The molecule has 1 spiro atoms. The molecule has 1 aromatic carbocycles. The summed E-state index contributed by atoms with van der Waals surface area (Å²) in [6.07, 6.45) is 7.79. The minimum atomic E-state index is -1.23. The van der Waals surface area contributed by atoms with E-state index < -0.39 is 17.3 Å². The zero-order valence-corrected chi connectivity index (χ0v) is 21.2. The Labute approximate surface area is 207 Å². The molecule has 1 saturated carbocycles. The van der Waals surface area contributed by atoms with Crippen LogP contribution in [0.1, 0.15) is 89.2 Å². The normalized spacial score (nSPS) is 26.8. The van der Waals surface area contributed by atoms with Gasteiger partial charge >= 0.3 is 0 Å². The van der Waals surface area contributed by atoms with Crippen molar-refractivity contribution in [1.82, 2.24) is 15.2 Å². The van der Waals surface area contributed by atoms with Gasteiger partial charge in [-0.2, -0.15) is 0 Å². The van der Waals surface area contributed by atoms with Crippen molar-refractivity contribution < 1.29 is 19.1 Å². The van der Waals surface area contributed by atoms with Crippen molar-refractivity contribution in [2.45, 2.75) is 83.7 Å². The van der Waals surface area contributed by atoms with Crippen LogP contribution in [0.4, 0.5) is 4.39 Å². The molecule has 2 aliphatic heterocycles. The molecular formula is C28H38FN3O3. The van der Waals surface area contributed by atoms with Crippen LogP contribution in [0.15, 0.2) is 24.4 Å². The maximum absolute atomic E-state index is 16.2. The van der Waals surface area contributed by atoms with E-state index in [0.717, 1.165) is 51.7 Å². The molecule has 0 radical (unpaired) electrons. The molecule has 190 valence electrons. The van der Waals surface area contributed by atoms with Crippen LogP contribution in [-0.4, -0.2) is 46.4 Å². The first-order chi connectivity index (χ1) is 16.9. The van der Waals surface area contributed by atoms with Gasteiger partial charge in [-0.05, 0) is 49.9 Å². The second kappa shape index (κ2) is 10.3. The SMILES string of the molecule is CC.CCN1CCC(O)(c2ccc3ncc(C4CCC(=O)NC4=O)cc3c2F)C2(CCCCC2)C1. The minimum absolute atomic E-state index is 0.257. The lowest BCUT2D eigenvalue weighted by atomic mass is 9.57. The van der Waals surface area contributed by atoms with Gasteiger partial charge in [0.25, 0.3) is 0 Å². The molecule has 1 aliphatic carbocycles. The topological polar surface area (TPSA) is 82.5 Å². The Morgan fingerprint density at radius 2 is 1.91 bits per heavy atom. The first kappa shape index (κ1) is 25.7. The van der Waals surface area contributed by atoms with Gasteiger partial charge in [-0.1, -0.05) is 46.1 Å². The second-order valence-electron chi connectivity index (χ2n) is 10.1. The van der Waals surface area contributed by atoms with Crippen molar-refractivity contribution >= 4 is 22.7 Å². The quantitative estimate of drug-likeness (QED) is 0.614. The summed E-state index contributed by atoms with van der Waals surface area (Å²) >= 11 is 0. The summed E-state index contributed by atoms with van der Waals surface area (Å²) in [6, 6.07) is 5.18. The molecule has 5 rings (SSSR count). The van der Waals surface area contributed by atoms with Crippen LogP contribution in [-0.2, 0) is 15.2 Å². The van der Waals surface area contributed by atoms with Crippen LogP contribution in [0.25, 0.3) is 10.9 Å². The highest BCUT2D eigenvalue weighted by Gasteiger charge is 2.55. The highest BCUT2D eigenvalue weighted by Crippen LogP contribution is 2.55. The zero-order chi connectivity index (χ0) is 25.2. The van der Waals surface area contributed by atoms with Crippen LogP contribution in [0.3, 0.4) is 0 Å². The molecule has 7 heteroatoms. The monoisotopic (exact) mass is 483 g/mol. The highest BCUT2D eigenvalue weighted by molar-refractivity contribution is 6.01. The largest absolute Gasteiger partial charge is 0.384 e. The minimum Gasteiger partial charge on any atom is -0.384 e. The van der Waals surface area contributed by atoms with E-state index in [4.69, 9.17) is 0 Å². The smallest absolute Gasteiger partial charge is 0.234 e. The standard InChI is InChI=1S/C26H32FN3O3.C2H6/c1-2-30-13-12-26(33,25(16-30)10-4-3-5-11-25)20-7-8-21-19(23(20)27)14-17(15-28-21)18-6-9-22(31)29-24(18)32;1-2/h7-8,14-15,18,33H,2-6,9-13,16H2,1H3,(H,29,31,32);1-2H3. The third kappa shape index (κ3) is 4.49. The van der Waals surface area contributed by atoms with Crippen LogP contribution in [0.5, 0.6) is 0 Å². The lowest BCUT2D eigenvalue weighted by Gasteiger charge is -2.56. The number of amides is 2. The number of nitrogens with one attached hydrogen (secondary N) is 1. The molecule has 2 aromatic rings. The molecule has 2 amide bonds. The Bertz CT molecular complexity index is 1100. The Morgan fingerprint density at radius 1 is 1.17 bits per heavy atom. The number of likely N-dealkylation sites (tertiary alicyclic amines) is 1. The third-order valence-electron chi connectivity index (χ3n) is 8.36. The predicted molar refractivity (Wildman–Crippen MR) is 134 cm³/mol. The van der Waals surface area contributed by atoms with Crippen molar-refractivity contribution in [1.29, 1.82) is 0 Å². The lowest BCUT2D eigenvalue weighted by molar-refractivity contribution is -0.159. The second-order valence-corrected chi connectivity index (χ2v) is 10.1. The summed E-state index contributed by atoms with van der Waals surface area (Å²) in [4.78, 5) is 30.7. The van der Waals surface area contributed by atoms with Gasteiger partial charge in [0.1, 0.15) is 11.4 Å². The van der Waals surface area contributed by atoms with Crippen molar-refractivity contribution in [2.75, 3.05) is 19.6 Å². The summed E-state index contributed by atoms with van der Waals surface area (Å²) in [5.41, 5.74) is -0.136. The number of halogens is 1. The molecule has 1 aromatic heterocycles. The van der Waals surface area contributed by atoms with E-state index in [2.05, 4.69) is 22.1 Å². The van der Waals surface area contributed by atoms with E-state index in [1.165, 1.54) is 0 Å². The molecule has 35 heavy (non-hydrogen) atoms. The summed E-state index contributed by atoms with van der Waals surface area (Å²) in [5.74, 6) is -1.61. The number of rotatable bonds is 3. The van der Waals surface area contributed by atoms with Gasteiger partial charge in [0.15, 0.2) is 0 Å².